The van der Waals surface area contributed by atoms with Gasteiger partial charge in [0.15, 0.2) is 11.0 Å². The Morgan fingerprint density at radius 2 is 1.78 bits per heavy atom. The van der Waals surface area contributed by atoms with Crippen LogP contribution in [0.15, 0.2) is 90.0 Å². The van der Waals surface area contributed by atoms with Gasteiger partial charge in [-0.25, -0.2) is 4.21 Å². The van der Waals surface area contributed by atoms with E-state index in [0.717, 1.165) is 16.7 Å². The molecule has 0 bridgehead atoms. The summed E-state index contributed by atoms with van der Waals surface area (Å²) in [5, 5.41) is 12.0. The second-order valence-corrected chi connectivity index (χ2v) is 10.5. The lowest BCUT2D eigenvalue weighted by Gasteiger charge is -2.38. The largest absolute Gasteiger partial charge is 0.497 e. The van der Waals surface area contributed by atoms with Crippen LogP contribution in [0.1, 0.15) is 28.8 Å². The predicted molar refractivity (Wildman–Crippen MR) is 145 cm³/mol. The monoisotopic (exact) mass is 515 g/mol. The number of anilines is 1. The van der Waals surface area contributed by atoms with Gasteiger partial charge in [-0.2, -0.15) is 0 Å². The van der Waals surface area contributed by atoms with Crippen LogP contribution >= 0.6 is 0 Å². The molecule has 0 radical (unpaired) electrons. The maximum Gasteiger partial charge on any atom is 0.253 e. The van der Waals surface area contributed by atoms with Crippen molar-refractivity contribution in [2.45, 2.75) is 29.8 Å². The lowest BCUT2D eigenvalue weighted by Crippen LogP contribution is -2.47. The third-order valence-corrected chi connectivity index (χ3v) is 7.94. The summed E-state index contributed by atoms with van der Waals surface area (Å²) in [5.41, 5.74) is 2.06. The number of hydrogen-bond acceptors (Lipinski definition) is 5. The summed E-state index contributed by atoms with van der Waals surface area (Å²) in [5.74, 6) is 0.693. The van der Waals surface area contributed by atoms with Crippen LogP contribution in [0.2, 0.25) is 0 Å². The van der Waals surface area contributed by atoms with Gasteiger partial charge in [0.25, 0.3) is 5.91 Å². The van der Waals surface area contributed by atoms with Crippen molar-refractivity contribution in [3.8, 4) is 5.75 Å². The van der Waals surface area contributed by atoms with Crippen molar-refractivity contribution in [3.63, 3.8) is 0 Å². The second-order valence-electron chi connectivity index (χ2n) is 9.32. The highest BCUT2D eigenvalue weighted by molar-refractivity contribution is 7.86. The number of aliphatic hydroxyl groups is 1. The Morgan fingerprint density at radius 3 is 2.54 bits per heavy atom. The van der Waals surface area contributed by atoms with Crippen LogP contribution < -0.4 is 9.46 Å². The Hall–Kier alpha value is -3.75. The molecule has 3 aromatic carbocycles. The molecular weight excluding hydrogens is 486 g/mol. The molecule has 1 aromatic heterocycles. The van der Waals surface area contributed by atoms with Crippen LogP contribution in [0.25, 0.3) is 10.9 Å². The van der Waals surface area contributed by atoms with Crippen LogP contribution in [0.5, 0.6) is 5.75 Å². The summed E-state index contributed by atoms with van der Waals surface area (Å²) in [6, 6.07) is 24.1. The number of ether oxygens (including phenoxy) is 1. The molecule has 1 atom stereocenters. The van der Waals surface area contributed by atoms with Gasteiger partial charge in [-0.1, -0.05) is 30.3 Å². The van der Waals surface area contributed by atoms with Crippen LogP contribution in [-0.4, -0.2) is 50.9 Å². The van der Waals surface area contributed by atoms with Gasteiger partial charge in [-0.05, 0) is 66.9 Å². The number of amides is 1. The van der Waals surface area contributed by atoms with Crippen LogP contribution in [-0.2, 0) is 17.4 Å². The van der Waals surface area contributed by atoms with E-state index in [9.17, 15) is 14.1 Å². The van der Waals surface area contributed by atoms with Gasteiger partial charge < -0.3 is 19.5 Å². The number of pyridine rings is 1. The zero-order valence-electron chi connectivity index (χ0n) is 20.6. The van der Waals surface area contributed by atoms with E-state index in [-0.39, 0.29) is 5.91 Å². The molecule has 8 heteroatoms. The Kier molecular flexibility index (Phi) is 7.21. The van der Waals surface area contributed by atoms with Gasteiger partial charge in [0.05, 0.1) is 23.1 Å². The molecule has 4 aromatic rings. The summed E-state index contributed by atoms with van der Waals surface area (Å²) in [6.45, 7) is 0.967. The molecule has 1 aliphatic heterocycles. The Bertz CT molecular complexity index is 1430. The van der Waals surface area contributed by atoms with E-state index in [1.807, 2.05) is 48.5 Å². The summed E-state index contributed by atoms with van der Waals surface area (Å²) < 4.78 is 21.3. The number of rotatable bonds is 7. The molecule has 0 saturated carbocycles. The molecule has 1 aliphatic rings. The van der Waals surface area contributed by atoms with Gasteiger partial charge in [-0.15, -0.1) is 0 Å². The van der Waals surface area contributed by atoms with Crippen molar-refractivity contribution in [2.75, 3.05) is 24.9 Å². The van der Waals surface area contributed by atoms with Gasteiger partial charge in [0, 0.05) is 42.3 Å². The maximum absolute atomic E-state index is 13.1. The first-order chi connectivity index (χ1) is 17.9. The van der Waals surface area contributed by atoms with E-state index < -0.39 is 16.6 Å². The fourth-order valence-corrected chi connectivity index (χ4v) is 5.72. The van der Waals surface area contributed by atoms with Gasteiger partial charge >= 0.3 is 0 Å². The topological polar surface area (TPSA) is 91.8 Å². The number of carbonyl (C=O) groups is 1. The second kappa shape index (κ2) is 10.7. The van der Waals surface area contributed by atoms with Gasteiger partial charge in [-0.3, -0.25) is 9.78 Å². The zero-order chi connectivity index (χ0) is 25.8. The van der Waals surface area contributed by atoms with Crippen LogP contribution in [0, 0.1) is 0 Å². The maximum atomic E-state index is 13.1. The zero-order valence-corrected chi connectivity index (χ0v) is 21.4. The Balaban J connectivity index is 1.19. The average Bonchev–Trinajstić information content (AvgIpc) is 2.93. The summed E-state index contributed by atoms with van der Waals surface area (Å²) in [4.78, 5) is 19.8. The van der Waals surface area contributed by atoms with E-state index in [0.29, 0.717) is 54.0 Å². The fourth-order valence-electron chi connectivity index (χ4n) is 4.72. The Morgan fingerprint density at radius 1 is 1.05 bits per heavy atom. The van der Waals surface area contributed by atoms with Gasteiger partial charge in [0.2, 0.25) is 0 Å². The van der Waals surface area contributed by atoms with Crippen LogP contribution in [0.4, 0.5) is 5.69 Å². The smallest absolute Gasteiger partial charge is 0.253 e. The van der Waals surface area contributed by atoms with E-state index >= 15 is 0 Å². The third-order valence-electron chi connectivity index (χ3n) is 6.79. The summed E-state index contributed by atoms with van der Waals surface area (Å²) in [6.07, 6.45) is 3.22. The molecule has 190 valence electrons. The number of hydrogen-bond donors (Lipinski definition) is 2. The highest BCUT2D eigenvalue weighted by atomic mass is 32.2. The molecule has 37 heavy (non-hydrogen) atoms. The number of nitrogens with zero attached hydrogens (tertiary/aromatic N) is 2. The number of benzene rings is 3. The molecule has 2 heterocycles. The first-order valence-electron chi connectivity index (χ1n) is 12.2. The first kappa shape index (κ1) is 24.9. The number of nitrogens with one attached hydrogen (secondary N) is 1. The predicted octanol–water partition coefficient (Wildman–Crippen LogP) is 4.59. The number of fused-ring (bicyclic) bond motifs is 1. The van der Waals surface area contributed by atoms with Crippen molar-refractivity contribution in [2.24, 2.45) is 0 Å². The van der Waals surface area contributed by atoms with E-state index in [1.54, 1.807) is 48.5 Å². The normalized spacial score (nSPS) is 15.8. The van der Waals surface area contributed by atoms with E-state index in [2.05, 4.69) is 9.71 Å². The van der Waals surface area contributed by atoms with Crippen molar-refractivity contribution in [1.29, 1.82) is 0 Å². The number of aromatic nitrogens is 1. The SMILES string of the molecule is COc1cccc(CC2(O)CCN(C(=O)c3ccc(NS(=O)c4cccc5cccnc45)cc3)CC2)c1. The molecule has 2 N–H and O–H groups in total. The highest BCUT2D eigenvalue weighted by Gasteiger charge is 2.34. The molecule has 1 amide bonds. The number of para-hydroxylation sites is 1. The van der Waals surface area contributed by atoms with E-state index in [1.165, 1.54) is 0 Å². The number of likely N-dealkylation sites (tertiary alicyclic amines) is 1. The fraction of sp³-hybridized carbons (Fsp3) is 0.241. The van der Waals surface area contributed by atoms with Crippen molar-refractivity contribution in [1.82, 2.24) is 9.88 Å². The third kappa shape index (κ3) is 5.65. The minimum Gasteiger partial charge on any atom is -0.497 e. The van der Waals surface area contributed by atoms with Crippen molar-refractivity contribution in [3.05, 3.63) is 96.2 Å². The quantitative estimate of drug-likeness (QED) is 0.376. The summed E-state index contributed by atoms with van der Waals surface area (Å²) in [7, 11) is 0.125. The molecule has 0 aliphatic carbocycles. The molecule has 1 fully saturated rings. The van der Waals surface area contributed by atoms with E-state index in [4.69, 9.17) is 4.74 Å². The number of methoxy groups -OCH3 is 1. The average molecular weight is 516 g/mol. The molecule has 1 unspecified atom stereocenters. The minimum atomic E-state index is -1.50. The van der Waals surface area contributed by atoms with Gasteiger partial charge in [0.1, 0.15) is 5.75 Å². The van der Waals surface area contributed by atoms with Crippen molar-refractivity contribution >= 4 is 33.5 Å². The minimum absolute atomic E-state index is 0.0747. The molecule has 7 nitrogen and oxygen atoms in total. The van der Waals surface area contributed by atoms with Crippen LogP contribution in [0.3, 0.4) is 0 Å². The highest BCUT2D eigenvalue weighted by Crippen LogP contribution is 2.29. The van der Waals surface area contributed by atoms with Crippen molar-refractivity contribution < 1.29 is 18.8 Å². The lowest BCUT2D eigenvalue weighted by molar-refractivity contribution is -0.0162. The summed E-state index contributed by atoms with van der Waals surface area (Å²) >= 11 is 0. The molecule has 5 rings (SSSR count). The Labute approximate surface area is 218 Å². The number of carbonyl (C=O) groups excluding carboxylic acids is 1. The molecular formula is C29H29N3O4S. The molecule has 1 saturated heterocycles. The lowest BCUT2D eigenvalue weighted by atomic mass is 9.85. The first-order valence-corrected chi connectivity index (χ1v) is 13.4. The number of piperidine rings is 1. The standard InChI is InChI=1S/C29H29N3O4S/c1-36-25-8-2-5-21(19-25)20-29(34)14-17-32(18-15-29)28(33)23-10-12-24(13-11-23)31-37(35)26-9-3-6-22-7-4-16-30-27(22)26/h2-13,16,19,31,34H,14-15,17-18,20H2,1H3. The molecule has 0 spiro atoms.